The normalized spacial score (nSPS) is 12.4. The van der Waals surface area contributed by atoms with Gasteiger partial charge in [-0.3, -0.25) is 9.59 Å². The molecule has 0 aliphatic carbocycles. The molecule has 0 radical (unpaired) electrons. The number of rotatable bonds is 33. The summed E-state index contributed by atoms with van der Waals surface area (Å²) in [6.07, 6.45) is 34.1. The van der Waals surface area contributed by atoms with Gasteiger partial charge >= 0.3 is 11.9 Å². The van der Waals surface area contributed by atoms with Gasteiger partial charge in [-0.05, 0) is 12.8 Å². The minimum atomic E-state index is -0.384. The Morgan fingerprint density at radius 1 is 0.465 bits per heavy atom. The summed E-state index contributed by atoms with van der Waals surface area (Å²) >= 11 is 0. The summed E-state index contributed by atoms with van der Waals surface area (Å²) in [5.74, 6) is -0.323. The Morgan fingerprint density at radius 3 is 1.09 bits per heavy atom. The lowest BCUT2D eigenvalue weighted by molar-refractivity contribution is -0.873. The van der Waals surface area contributed by atoms with E-state index in [1.807, 2.05) is 0 Å². The van der Waals surface area contributed by atoms with Crippen LogP contribution in [-0.4, -0.2) is 56.8 Å². The summed E-state index contributed by atoms with van der Waals surface area (Å²) in [7, 11) is 6.22. The van der Waals surface area contributed by atoms with Crippen molar-refractivity contribution in [1.82, 2.24) is 0 Å². The number of unbranched alkanes of at least 4 members (excludes halogenated alkanes) is 24. The Kier molecular flexibility index (Phi) is 30.1. The highest BCUT2D eigenvalue weighted by atomic mass is 16.6. The number of likely N-dealkylation sites (N-methyl/N-ethyl adjacent to an activating group) is 1. The zero-order valence-electron chi connectivity index (χ0n) is 29.9. The first-order valence-electron chi connectivity index (χ1n) is 18.9. The summed E-state index contributed by atoms with van der Waals surface area (Å²) in [5, 5.41) is 0. The number of carbonyl (C=O) groups excluding carboxylic acids is 2. The number of carbonyl (C=O) groups is 2. The van der Waals surface area contributed by atoms with Crippen LogP contribution in [0.15, 0.2) is 0 Å². The highest BCUT2D eigenvalue weighted by molar-refractivity contribution is 5.70. The third kappa shape index (κ3) is 33.6. The van der Waals surface area contributed by atoms with E-state index in [2.05, 4.69) is 35.0 Å². The maximum atomic E-state index is 12.5. The predicted octanol–water partition coefficient (Wildman–Crippen LogP) is 11.1. The fourth-order valence-electron chi connectivity index (χ4n) is 5.81. The molecule has 0 aromatic carbocycles. The molecule has 1 atom stereocenters. The second-order valence-electron chi connectivity index (χ2n) is 14.3. The second kappa shape index (κ2) is 30.9. The quantitative estimate of drug-likeness (QED) is 0.0421. The third-order valence-electron chi connectivity index (χ3n) is 8.45. The second-order valence-corrected chi connectivity index (χ2v) is 14.3. The molecule has 0 aliphatic rings. The van der Waals surface area contributed by atoms with Crippen LogP contribution in [0.1, 0.15) is 194 Å². The van der Waals surface area contributed by atoms with E-state index in [1.165, 1.54) is 141 Å². The van der Waals surface area contributed by atoms with Crippen molar-refractivity contribution in [2.75, 3.05) is 34.3 Å². The molecule has 0 saturated heterocycles. The first kappa shape index (κ1) is 41.9. The van der Waals surface area contributed by atoms with E-state index in [1.54, 1.807) is 0 Å². The van der Waals surface area contributed by atoms with Gasteiger partial charge in [0, 0.05) is 12.8 Å². The highest BCUT2D eigenvalue weighted by Gasteiger charge is 2.23. The van der Waals surface area contributed by atoms with Gasteiger partial charge in [0.25, 0.3) is 0 Å². The smallest absolute Gasteiger partial charge is 0.306 e. The zero-order chi connectivity index (χ0) is 31.9. The van der Waals surface area contributed by atoms with E-state index in [0.29, 0.717) is 23.9 Å². The summed E-state index contributed by atoms with van der Waals surface area (Å²) in [5.41, 5.74) is 0. The molecule has 0 N–H and O–H groups in total. The SMILES string of the molecule is CCCCCCCCCCCCCCCC(=O)OC[C@@H](C[N+](C)(C)C)OC(=O)CCCCCCCCCCCCCCC. The van der Waals surface area contributed by atoms with E-state index in [-0.39, 0.29) is 24.6 Å². The average Bonchev–Trinajstić information content (AvgIpc) is 2.96. The molecule has 0 heterocycles. The lowest BCUT2D eigenvalue weighted by atomic mass is 10.0. The van der Waals surface area contributed by atoms with Crippen molar-refractivity contribution in [1.29, 1.82) is 0 Å². The Balaban J connectivity index is 3.86. The predicted molar refractivity (Wildman–Crippen MR) is 184 cm³/mol. The third-order valence-corrected chi connectivity index (χ3v) is 8.45. The first-order valence-corrected chi connectivity index (χ1v) is 18.9. The van der Waals surface area contributed by atoms with Gasteiger partial charge < -0.3 is 14.0 Å². The molecule has 5 heteroatoms. The minimum absolute atomic E-state index is 0.158. The Morgan fingerprint density at radius 2 is 0.767 bits per heavy atom. The largest absolute Gasteiger partial charge is 0.461 e. The fraction of sp³-hybridized carbons (Fsp3) is 0.947. The van der Waals surface area contributed by atoms with Crippen LogP contribution in [0.5, 0.6) is 0 Å². The molecule has 256 valence electrons. The fourth-order valence-corrected chi connectivity index (χ4v) is 5.81. The zero-order valence-corrected chi connectivity index (χ0v) is 29.9. The Bertz CT molecular complexity index is 616. The van der Waals surface area contributed by atoms with Crippen molar-refractivity contribution in [2.45, 2.75) is 200 Å². The van der Waals surface area contributed by atoms with Crippen molar-refractivity contribution in [3.05, 3.63) is 0 Å². The summed E-state index contributed by atoms with van der Waals surface area (Å²) in [6, 6.07) is 0. The molecular formula is C38H76NO4+. The van der Waals surface area contributed by atoms with Gasteiger partial charge in [0.05, 0.1) is 21.1 Å². The van der Waals surface area contributed by atoms with Crippen molar-refractivity contribution in [2.24, 2.45) is 0 Å². The van der Waals surface area contributed by atoms with Crippen LogP contribution >= 0.6 is 0 Å². The average molecular weight is 611 g/mol. The molecule has 0 fully saturated rings. The highest BCUT2D eigenvalue weighted by Crippen LogP contribution is 2.15. The van der Waals surface area contributed by atoms with Crippen LogP contribution in [0.25, 0.3) is 0 Å². The molecule has 0 aromatic heterocycles. The number of esters is 2. The molecule has 0 unspecified atom stereocenters. The number of quaternary nitrogens is 1. The standard InChI is InChI=1S/C38H76NO4/c1-6-8-10-12-14-16-18-20-22-24-26-28-30-32-37(40)42-35-36(34-39(3,4)5)43-38(41)33-31-29-27-25-23-21-19-17-15-13-11-9-7-2/h36H,6-35H2,1-5H3/q+1/t36-/m1/s1. The summed E-state index contributed by atoms with van der Waals surface area (Å²) < 4.78 is 12.0. The molecule has 5 nitrogen and oxygen atoms in total. The van der Waals surface area contributed by atoms with Gasteiger partial charge in [0.2, 0.25) is 0 Å². The summed E-state index contributed by atoms with van der Waals surface area (Å²) in [4.78, 5) is 24.9. The number of ether oxygens (including phenoxy) is 2. The molecule has 0 spiro atoms. The molecule has 0 aliphatic heterocycles. The van der Waals surface area contributed by atoms with Gasteiger partial charge in [-0.1, -0.05) is 168 Å². The molecule has 43 heavy (non-hydrogen) atoms. The van der Waals surface area contributed by atoms with Crippen molar-refractivity contribution in [3.8, 4) is 0 Å². The number of hydrogen-bond donors (Lipinski definition) is 0. The topological polar surface area (TPSA) is 52.6 Å². The Labute approximate surface area is 269 Å². The lowest BCUT2D eigenvalue weighted by Crippen LogP contribution is -2.45. The van der Waals surface area contributed by atoms with Crippen LogP contribution < -0.4 is 0 Å². The lowest BCUT2D eigenvalue weighted by Gasteiger charge is -2.28. The molecule has 0 saturated carbocycles. The monoisotopic (exact) mass is 611 g/mol. The molecule has 0 rings (SSSR count). The van der Waals surface area contributed by atoms with E-state index >= 15 is 0 Å². The van der Waals surface area contributed by atoms with Gasteiger partial charge in [-0.25, -0.2) is 0 Å². The molecule has 0 aromatic rings. The maximum absolute atomic E-state index is 12.5. The molecule has 0 amide bonds. The van der Waals surface area contributed by atoms with E-state index in [0.717, 1.165) is 25.7 Å². The van der Waals surface area contributed by atoms with Crippen LogP contribution in [0.4, 0.5) is 0 Å². The summed E-state index contributed by atoms with van der Waals surface area (Å²) in [6.45, 7) is 5.34. The van der Waals surface area contributed by atoms with Gasteiger partial charge in [-0.15, -0.1) is 0 Å². The van der Waals surface area contributed by atoms with Gasteiger partial charge in [0.15, 0.2) is 6.10 Å². The maximum Gasteiger partial charge on any atom is 0.306 e. The van der Waals surface area contributed by atoms with E-state index in [9.17, 15) is 9.59 Å². The van der Waals surface area contributed by atoms with E-state index in [4.69, 9.17) is 9.47 Å². The first-order chi connectivity index (χ1) is 20.8. The van der Waals surface area contributed by atoms with Crippen LogP contribution in [0.2, 0.25) is 0 Å². The van der Waals surface area contributed by atoms with Crippen LogP contribution in [0.3, 0.4) is 0 Å². The Hall–Kier alpha value is -1.10. The van der Waals surface area contributed by atoms with Crippen molar-refractivity contribution in [3.63, 3.8) is 0 Å². The van der Waals surface area contributed by atoms with E-state index < -0.39 is 0 Å². The molecular weight excluding hydrogens is 534 g/mol. The van der Waals surface area contributed by atoms with Crippen LogP contribution in [-0.2, 0) is 19.1 Å². The van der Waals surface area contributed by atoms with Crippen molar-refractivity contribution >= 4 is 11.9 Å². The van der Waals surface area contributed by atoms with Crippen molar-refractivity contribution < 1.29 is 23.5 Å². The number of hydrogen-bond acceptors (Lipinski definition) is 4. The van der Waals surface area contributed by atoms with Gasteiger partial charge in [0.1, 0.15) is 13.2 Å². The minimum Gasteiger partial charge on any atom is -0.461 e. The molecule has 0 bridgehead atoms. The van der Waals surface area contributed by atoms with Gasteiger partial charge in [-0.2, -0.15) is 0 Å². The van der Waals surface area contributed by atoms with Crippen LogP contribution in [0, 0.1) is 0 Å². The number of nitrogens with zero attached hydrogens (tertiary/aromatic N) is 1.